The predicted octanol–water partition coefficient (Wildman–Crippen LogP) is 1.62. The monoisotopic (exact) mass is 308 g/mol. The summed E-state index contributed by atoms with van der Waals surface area (Å²) in [6.45, 7) is 1.60. The Morgan fingerprint density at radius 1 is 1.21 bits per heavy atom. The molecule has 19 heavy (non-hydrogen) atoms. The molecular weight excluding hydrogens is 291 g/mol. The molecule has 8 heteroatoms. The third kappa shape index (κ3) is 4.88. The van der Waals surface area contributed by atoms with E-state index in [0.717, 1.165) is 4.31 Å². The average molecular weight is 308 g/mol. The molecule has 0 aliphatic heterocycles. The summed E-state index contributed by atoms with van der Waals surface area (Å²) in [5.41, 5.74) is 0.252. The van der Waals surface area contributed by atoms with Crippen LogP contribution in [-0.2, 0) is 26.5 Å². The molecule has 0 heterocycles. The highest BCUT2D eigenvalue weighted by Crippen LogP contribution is 2.14. The van der Waals surface area contributed by atoms with Crippen LogP contribution >= 0.6 is 0 Å². The van der Waals surface area contributed by atoms with Crippen molar-refractivity contribution in [3.63, 3.8) is 0 Å². The maximum atomic E-state index is 13.5. The second-order valence-corrected chi connectivity index (χ2v) is 8.62. The minimum absolute atomic E-state index is 0.121. The molecule has 0 aliphatic rings. The summed E-state index contributed by atoms with van der Waals surface area (Å²) >= 11 is 0. The van der Waals surface area contributed by atoms with Gasteiger partial charge in [-0.25, -0.2) is 8.60 Å². The van der Waals surface area contributed by atoms with Gasteiger partial charge in [0.2, 0.25) is 0 Å². The molecular formula is C11H17FN2O3S2. The predicted molar refractivity (Wildman–Crippen MR) is 73.8 cm³/mol. The fourth-order valence-electron chi connectivity index (χ4n) is 1.45. The van der Waals surface area contributed by atoms with E-state index in [4.69, 9.17) is 0 Å². The van der Waals surface area contributed by atoms with Crippen LogP contribution in [0.25, 0.3) is 0 Å². The Morgan fingerprint density at radius 3 is 2.26 bits per heavy atom. The number of rotatable bonds is 5. The van der Waals surface area contributed by atoms with E-state index < -0.39 is 25.8 Å². The lowest BCUT2D eigenvalue weighted by atomic mass is 10.2. The van der Waals surface area contributed by atoms with Crippen molar-refractivity contribution < 1.29 is 17.0 Å². The number of hydrogen-bond donors (Lipinski definition) is 0. The zero-order valence-electron chi connectivity index (χ0n) is 11.0. The number of benzene rings is 1. The lowest BCUT2D eigenvalue weighted by molar-refractivity contribution is 0.416. The first-order valence-corrected chi connectivity index (χ1v) is 9.30. The Morgan fingerprint density at radius 2 is 1.79 bits per heavy atom. The highest BCUT2D eigenvalue weighted by molar-refractivity contribution is 8.01. The summed E-state index contributed by atoms with van der Waals surface area (Å²) in [6.07, 6.45) is 2.48. The van der Waals surface area contributed by atoms with E-state index in [1.807, 2.05) is 0 Å². The van der Waals surface area contributed by atoms with Gasteiger partial charge in [0, 0.05) is 31.2 Å². The van der Waals surface area contributed by atoms with Gasteiger partial charge >= 0.3 is 10.2 Å². The Bertz CT molecular complexity index is 656. The molecule has 0 saturated heterocycles. The highest BCUT2D eigenvalue weighted by atomic mass is 32.3. The van der Waals surface area contributed by atoms with Gasteiger partial charge in [-0.3, -0.25) is 0 Å². The molecule has 0 aliphatic carbocycles. The second-order valence-electron chi connectivity index (χ2n) is 4.25. The zero-order valence-corrected chi connectivity index (χ0v) is 12.7. The van der Waals surface area contributed by atoms with Crippen molar-refractivity contribution >= 4 is 19.9 Å². The summed E-state index contributed by atoms with van der Waals surface area (Å²) in [4.78, 5) is 0. The van der Waals surface area contributed by atoms with E-state index in [0.29, 0.717) is 0 Å². The lowest BCUT2D eigenvalue weighted by Crippen LogP contribution is -2.29. The van der Waals surface area contributed by atoms with E-state index in [1.165, 1.54) is 30.7 Å². The first kappa shape index (κ1) is 16.1. The largest absolute Gasteiger partial charge is 0.330 e. The summed E-state index contributed by atoms with van der Waals surface area (Å²) in [7, 11) is -6.82. The highest BCUT2D eigenvalue weighted by Gasteiger charge is 2.22. The first-order chi connectivity index (χ1) is 8.65. The van der Waals surface area contributed by atoms with Gasteiger partial charge in [0.1, 0.15) is 5.82 Å². The van der Waals surface area contributed by atoms with Gasteiger partial charge in [-0.15, -0.1) is 0 Å². The van der Waals surface area contributed by atoms with Crippen LogP contribution < -0.4 is 0 Å². The van der Waals surface area contributed by atoms with Crippen LogP contribution in [0, 0.1) is 5.82 Å². The summed E-state index contributed by atoms with van der Waals surface area (Å²) in [6, 6.07) is 5.91. The van der Waals surface area contributed by atoms with Crippen LogP contribution in [0.4, 0.5) is 4.39 Å². The average Bonchev–Trinajstić information content (AvgIpc) is 2.24. The number of nitrogens with zero attached hydrogens (tertiary/aromatic N) is 2. The molecule has 108 valence electrons. The van der Waals surface area contributed by atoms with Crippen LogP contribution in [-0.4, -0.2) is 36.0 Å². The summed E-state index contributed by atoms with van der Waals surface area (Å²) in [5, 5.41) is 0. The molecule has 1 aromatic carbocycles. The van der Waals surface area contributed by atoms with E-state index in [9.17, 15) is 17.0 Å². The molecule has 0 fully saturated rings. The van der Waals surface area contributed by atoms with E-state index >= 15 is 0 Å². The van der Waals surface area contributed by atoms with Gasteiger partial charge in [-0.05, 0) is 6.07 Å². The Labute approximate surface area is 113 Å². The van der Waals surface area contributed by atoms with Gasteiger partial charge in [0.15, 0.2) is 0 Å². The van der Waals surface area contributed by atoms with Crippen molar-refractivity contribution in [1.82, 2.24) is 4.31 Å². The molecule has 0 radical (unpaired) electrons. The maximum absolute atomic E-state index is 13.5. The SMILES string of the molecule is CCN(Cc1ccccc1F)S(=O)(=O)N=S(C)(C)=O. The van der Waals surface area contributed by atoms with Crippen molar-refractivity contribution in [2.24, 2.45) is 3.77 Å². The minimum Gasteiger partial charge on any atom is -0.249 e. The third-order valence-corrected chi connectivity index (χ3v) is 5.49. The van der Waals surface area contributed by atoms with Crippen molar-refractivity contribution in [2.45, 2.75) is 13.5 Å². The van der Waals surface area contributed by atoms with Crippen LogP contribution in [0.3, 0.4) is 0 Å². The molecule has 0 amide bonds. The van der Waals surface area contributed by atoms with Gasteiger partial charge < -0.3 is 0 Å². The Hall–Kier alpha value is -0.990. The number of hydrogen-bond acceptors (Lipinski definition) is 3. The van der Waals surface area contributed by atoms with Gasteiger partial charge in [0.05, 0.1) is 9.73 Å². The Balaban J connectivity index is 3.11. The second kappa shape index (κ2) is 5.98. The van der Waals surface area contributed by atoms with Crippen molar-refractivity contribution in [2.75, 3.05) is 19.1 Å². The molecule has 0 atom stereocenters. The van der Waals surface area contributed by atoms with Crippen LogP contribution in [0.2, 0.25) is 0 Å². The van der Waals surface area contributed by atoms with E-state index in [-0.39, 0.29) is 18.7 Å². The maximum Gasteiger partial charge on any atom is 0.330 e. The van der Waals surface area contributed by atoms with Crippen molar-refractivity contribution in [3.05, 3.63) is 35.6 Å². The first-order valence-electron chi connectivity index (χ1n) is 5.57. The molecule has 0 saturated carbocycles. The topological polar surface area (TPSA) is 66.8 Å². The quantitative estimate of drug-likeness (QED) is 0.830. The van der Waals surface area contributed by atoms with Gasteiger partial charge in [0.25, 0.3) is 0 Å². The van der Waals surface area contributed by atoms with E-state index in [1.54, 1.807) is 13.0 Å². The fraction of sp³-hybridized carbons (Fsp3) is 0.455. The van der Waals surface area contributed by atoms with Crippen molar-refractivity contribution in [1.29, 1.82) is 0 Å². The molecule has 0 unspecified atom stereocenters. The molecule has 1 rings (SSSR count). The lowest BCUT2D eigenvalue weighted by Gasteiger charge is -2.17. The Kier molecular flexibility index (Phi) is 5.05. The molecule has 0 aromatic heterocycles. The number of halogens is 1. The van der Waals surface area contributed by atoms with Crippen LogP contribution in [0.5, 0.6) is 0 Å². The smallest absolute Gasteiger partial charge is 0.249 e. The van der Waals surface area contributed by atoms with Gasteiger partial charge in [-0.2, -0.15) is 12.7 Å². The van der Waals surface area contributed by atoms with Crippen LogP contribution in [0.15, 0.2) is 28.0 Å². The third-order valence-electron chi connectivity index (χ3n) is 2.26. The normalized spacial score (nSPS) is 12.7. The fourth-order valence-corrected chi connectivity index (χ4v) is 4.27. The zero-order chi connectivity index (χ0) is 14.7. The molecule has 0 spiro atoms. The molecule has 1 aromatic rings. The van der Waals surface area contributed by atoms with Crippen LogP contribution in [0.1, 0.15) is 12.5 Å². The van der Waals surface area contributed by atoms with E-state index in [2.05, 4.69) is 3.77 Å². The minimum atomic E-state index is -4.03. The molecule has 5 nitrogen and oxygen atoms in total. The van der Waals surface area contributed by atoms with Gasteiger partial charge in [-0.1, -0.05) is 28.9 Å². The summed E-state index contributed by atoms with van der Waals surface area (Å²) < 4.78 is 53.2. The molecule has 0 N–H and O–H groups in total. The summed E-state index contributed by atoms with van der Waals surface area (Å²) in [5.74, 6) is -0.482. The standard InChI is InChI=1S/C11H17FN2O3S2/c1-4-14(19(16,17)13-18(2,3)15)9-10-7-5-6-8-11(10)12/h5-8H,4,9H2,1-3H3. The molecule has 0 bridgehead atoms. The van der Waals surface area contributed by atoms with Crippen molar-refractivity contribution in [3.8, 4) is 0 Å².